The highest BCUT2D eigenvalue weighted by molar-refractivity contribution is 7.92. The minimum atomic E-state index is -3.29. The van der Waals surface area contributed by atoms with Gasteiger partial charge < -0.3 is 5.32 Å². The lowest BCUT2D eigenvalue weighted by molar-refractivity contribution is 0.103. The lowest BCUT2D eigenvalue weighted by atomic mass is 10.3. The lowest BCUT2D eigenvalue weighted by Crippen LogP contribution is -2.27. The molecule has 0 radical (unpaired) electrons. The molecule has 3 heterocycles. The number of amides is 1. The van der Waals surface area contributed by atoms with Gasteiger partial charge in [0.25, 0.3) is 5.91 Å². The molecule has 8 heteroatoms. The molecule has 1 aliphatic heterocycles. The van der Waals surface area contributed by atoms with Crippen molar-refractivity contribution in [1.82, 2.24) is 4.98 Å². The molecule has 0 aliphatic carbocycles. The Bertz CT molecular complexity index is 843. The van der Waals surface area contributed by atoms with Crippen LogP contribution in [0.3, 0.4) is 0 Å². The molecule has 0 saturated heterocycles. The Morgan fingerprint density at radius 3 is 2.86 bits per heavy atom. The summed E-state index contributed by atoms with van der Waals surface area (Å²) < 4.78 is 24.8. The number of rotatable bonds is 3. The molecule has 0 saturated carbocycles. The largest absolute Gasteiger partial charge is 0.321 e. The van der Waals surface area contributed by atoms with Gasteiger partial charge >= 0.3 is 0 Å². The Labute approximate surface area is 132 Å². The number of pyridine rings is 1. The van der Waals surface area contributed by atoms with Crippen molar-refractivity contribution < 1.29 is 13.2 Å². The van der Waals surface area contributed by atoms with Gasteiger partial charge in [0.2, 0.25) is 10.0 Å². The first-order valence-corrected chi connectivity index (χ1v) is 9.35. The molecule has 0 bridgehead atoms. The number of thiophene rings is 1. The van der Waals surface area contributed by atoms with Crippen molar-refractivity contribution in [1.29, 1.82) is 0 Å². The second-order valence-corrected chi connectivity index (χ2v) is 8.19. The van der Waals surface area contributed by atoms with Crippen LogP contribution in [-0.2, 0) is 16.4 Å². The van der Waals surface area contributed by atoms with E-state index in [1.807, 2.05) is 6.92 Å². The van der Waals surface area contributed by atoms with Crippen LogP contribution in [0.25, 0.3) is 0 Å². The first-order chi connectivity index (χ1) is 10.3. The fraction of sp³-hybridized carbons (Fsp3) is 0.286. The Morgan fingerprint density at radius 1 is 1.41 bits per heavy atom. The smallest absolute Gasteiger partial charge is 0.265 e. The van der Waals surface area contributed by atoms with Gasteiger partial charge in [-0.05, 0) is 25.1 Å². The van der Waals surface area contributed by atoms with E-state index >= 15 is 0 Å². The molecule has 0 atom stereocenters. The topological polar surface area (TPSA) is 79.4 Å². The van der Waals surface area contributed by atoms with E-state index in [1.165, 1.54) is 21.9 Å². The second kappa shape index (κ2) is 5.36. The Morgan fingerprint density at radius 2 is 2.18 bits per heavy atom. The van der Waals surface area contributed by atoms with Crippen LogP contribution in [0.15, 0.2) is 24.4 Å². The zero-order valence-corrected chi connectivity index (χ0v) is 13.8. The quantitative estimate of drug-likeness (QED) is 0.929. The van der Waals surface area contributed by atoms with Crippen LogP contribution in [0.1, 0.15) is 20.2 Å². The zero-order valence-electron chi connectivity index (χ0n) is 12.2. The van der Waals surface area contributed by atoms with E-state index < -0.39 is 10.0 Å². The summed E-state index contributed by atoms with van der Waals surface area (Å²) in [5.74, 6) is -0.238. The SMILES string of the molecule is Cc1cc(NC(=O)c2cc3c(s2)CCN3S(C)(=O)=O)ccn1. The molecule has 0 aromatic carbocycles. The monoisotopic (exact) mass is 337 g/mol. The predicted molar refractivity (Wildman–Crippen MR) is 87.1 cm³/mol. The van der Waals surface area contributed by atoms with E-state index in [0.29, 0.717) is 29.2 Å². The van der Waals surface area contributed by atoms with Gasteiger partial charge in [0.05, 0.1) is 16.8 Å². The van der Waals surface area contributed by atoms with Crippen LogP contribution in [0.5, 0.6) is 0 Å². The minimum absolute atomic E-state index is 0.238. The summed E-state index contributed by atoms with van der Waals surface area (Å²) in [5, 5.41) is 2.80. The zero-order chi connectivity index (χ0) is 15.9. The van der Waals surface area contributed by atoms with E-state index in [9.17, 15) is 13.2 Å². The van der Waals surface area contributed by atoms with Crippen LogP contribution in [0.4, 0.5) is 11.4 Å². The maximum absolute atomic E-state index is 12.3. The molecular formula is C14H15N3O3S2. The van der Waals surface area contributed by atoms with Gasteiger partial charge in [-0.1, -0.05) is 0 Å². The van der Waals surface area contributed by atoms with E-state index in [2.05, 4.69) is 10.3 Å². The summed E-state index contributed by atoms with van der Waals surface area (Å²) in [6.07, 6.45) is 3.46. The van der Waals surface area contributed by atoms with E-state index in [-0.39, 0.29) is 5.91 Å². The highest BCUT2D eigenvalue weighted by Crippen LogP contribution is 2.37. The highest BCUT2D eigenvalue weighted by Gasteiger charge is 2.29. The van der Waals surface area contributed by atoms with Gasteiger partial charge in [-0.15, -0.1) is 11.3 Å². The van der Waals surface area contributed by atoms with Crippen LogP contribution < -0.4 is 9.62 Å². The number of aromatic nitrogens is 1. The van der Waals surface area contributed by atoms with Crippen molar-refractivity contribution >= 4 is 38.6 Å². The molecule has 0 unspecified atom stereocenters. The molecule has 1 amide bonds. The standard InChI is InChI=1S/C14H15N3O3S2/c1-9-7-10(3-5-15-9)16-14(18)13-8-11-12(21-13)4-6-17(11)22(2,19)20/h3,5,7-8H,4,6H2,1-2H3,(H,15,16,18). The number of hydrogen-bond acceptors (Lipinski definition) is 5. The number of carbonyl (C=O) groups excluding carboxylic acids is 1. The summed E-state index contributed by atoms with van der Waals surface area (Å²) in [4.78, 5) is 17.8. The summed E-state index contributed by atoms with van der Waals surface area (Å²) in [6.45, 7) is 2.30. The Kier molecular flexibility index (Phi) is 3.65. The van der Waals surface area contributed by atoms with Gasteiger partial charge in [-0.25, -0.2) is 8.42 Å². The third-order valence-corrected chi connectivity index (χ3v) is 5.74. The number of fused-ring (bicyclic) bond motifs is 1. The van der Waals surface area contributed by atoms with Gasteiger partial charge in [-0.2, -0.15) is 0 Å². The fourth-order valence-electron chi connectivity index (χ4n) is 2.41. The van der Waals surface area contributed by atoms with Crippen molar-refractivity contribution in [3.05, 3.63) is 39.8 Å². The van der Waals surface area contributed by atoms with Crippen molar-refractivity contribution in [3.8, 4) is 0 Å². The molecule has 22 heavy (non-hydrogen) atoms. The fourth-order valence-corrected chi connectivity index (χ4v) is 4.45. The van der Waals surface area contributed by atoms with Crippen LogP contribution >= 0.6 is 11.3 Å². The first kappa shape index (κ1) is 15.0. The summed E-state index contributed by atoms with van der Waals surface area (Å²) in [6, 6.07) is 5.15. The van der Waals surface area contributed by atoms with E-state index in [1.54, 1.807) is 24.4 Å². The summed E-state index contributed by atoms with van der Waals surface area (Å²) >= 11 is 1.34. The highest BCUT2D eigenvalue weighted by atomic mass is 32.2. The van der Waals surface area contributed by atoms with Crippen molar-refractivity contribution in [2.24, 2.45) is 0 Å². The van der Waals surface area contributed by atoms with Gasteiger partial charge in [0, 0.05) is 35.4 Å². The third kappa shape index (κ3) is 2.84. The van der Waals surface area contributed by atoms with E-state index in [0.717, 1.165) is 10.6 Å². The number of nitrogens with zero attached hydrogens (tertiary/aromatic N) is 2. The number of sulfonamides is 1. The normalized spacial score (nSPS) is 14.0. The third-order valence-electron chi connectivity index (χ3n) is 3.38. The Hall–Kier alpha value is -1.93. The van der Waals surface area contributed by atoms with Gasteiger partial charge in [-0.3, -0.25) is 14.1 Å². The number of aryl methyl sites for hydroxylation is 1. The van der Waals surface area contributed by atoms with Crippen LogP contribution in [0, 0.1) is 6.92 Å². The number of anilines is 2. The molecular weight excluding hydrogens is 322 g/mol. The first-order valence-electron chi connectivity index (χ1n) is 6.69. The Balaban J connectivity index is 1.84. The number of carbonyl (C=O) groups is 1. The second-order valence-electron chi connectivity index (χ2n) is 5.14. The molecule has 2 aromatic rings. The lowest BCUT2D eigenvalue weighted by Gasteiger charge is -2.14. The number of hydrogen-bond donors (Lipinski definition) is 1. The number of nitrogens with one attached hydrogen (secondary N) is 1. The summed E-state index contributed by atoms with van der Waals surface area (Å²) in [7, 11) is -3.29. The maximum atomic E-state index is 12.3. The van der Waals surface area contributed by atoms with Crippen molar-refractivity contribution in [2.75, 3.05) is 22.4 Å². The molecule has 1 aliphatic rings. The molecule has 2 aromatic heterocycles. The van der Waals surface area contributed by atoms with Gasteiger partial charge in [0.15, 0.2) is 0 Å². The molecule has 0 spiro atoms. The minimum Gasteiger partial charge on any atom is -0.321 e. The van der Waals surface area contributed by atoms with Crippen LogP contribution in [0.2, 0.25) is 0 Å². The maximum Gasteiger partial charge on any atom is 0.265 e. The van der Waals surface area contributed by atoms with Gasteiger partial charge in [0.1, 0.15) is 0 Å². The van der Waals surface area contributed by atoms with Crippen LogP contribution in [-0.4, -0.2) is 32.1 Å². The molecule has 1 N–H and O–H groups in total. The predicted octanol–water partition coefficient (Wildman–Crippen LogP) is 2.03. The molecule has 116 valence electrons. The molecule has 0 fully saturated rings. The van der Waals surface area contributed by atoms with E-state index in [4.69, 9.17) is 0 Å². The molecule has 6 nitrogen and oxygen atoms in total. The van der Waals surface area contributed by atoms with Crippen molar-refractivity contribution in [3.63, 3.8) is 0 Å². The summed E-state index contributed by atoms with van der Waals surface area (Å²) in [5.41, 5.74) is 2.12. The molecule has 3 rings (SSSR count). The average molecular weight is 337 g/mol. The van der Waals surface area contributed by atoms with Crippen molar-refractivity contribution in [2.45, 2.75) is 13.3 Å². The average Bonchev–Trinajstić information content (AvgIpc) is 2.96.